The third-order valence-electron chi connectivity index (χ3n) is 4.11. The highest BCUT2D eigenvalue weighted by Crippen LogP contribution is 2.26. The summed E-state index contributed by atoms with van der Waals surface area (Å²) in [6.07, 6.45) is 2.56. The summed E-state index contributed by atoms with van der Waals surface area (Å²) in [7, 11) is 0. The first kappa shape index (κ1) is 20.8. The van der Waals surface area contributed by atoms with Crippen molar-refractivity contribution in [2.75, 3.05) is 17.2 Å². The van der Waals surface area contributed by atoms with Crippen LogP contribution in [0.4, 0.5) is 15.6 Å². The van der Waals surface area contributed by atoms with Crippen LogP contribution in [0.5, 0.6) is 0 Å². The molecule has 0 radical (unpaired) electrons. The molecule has 0 atom stereocenters. The van der Waals surface area contributed by atoms with Gasteiger partial charge in [-0.2, -0.15) is 0 Å². The number of nitrogens with one attached hydrogen (secondary N) is 3. The first-order chi connectivity index (χ1) is 14.0. The summed E-state index contributed by atoms with van der Waals surface area (Å²) in [5, 5.41) is 9.40. The van der Waals surface area contributed by atoms with Crippen molar-refractivity contribution in [3.05, 3.63) is 75.8 Å². The molecule has 0 saturated carbocycles. The number of thiazole rings is 1. The lowest BCUT2D eigenvalue weighted by molar-refractivity contribution is -0.116. The van der Waals surface area contributed by atoms with E-state index in [4.69, 9.17) is 11.6 Å². The van der Waals surface area contributed by atoms with Gasteiger partial charge in [0, 0.05) is 41.2 Å². The fourth-order valence-corrected chi connectivity index (χ4v) is 3.69. The van der Waals surface area contributed by atoms with Gasteiger partial charge in [-0.3, -0.25) is 4.79 Å². The summed E-state index contributed by atoms with van der Waals surface area (Å²) in [6, 6.07) is 14.7. The highest BCUT2D eigenvalue weighted by Gasteiger charge is 2.10. The molecular formula is C21H21ClN4O2S. The molecule has 150 valence electrons. The van der Waals surface area contributed by atoms with Crippen LogP contribution in [0.25, 0.3) is 0 Å². The molecule has 0 fully saturated rings. The van der Waals surface area contributed by atoms with Gasteiger partial charge in [0.05, 0.1) is 0 Å². The number of anilines is 2. The Balaban J connectivity index is 1.43. The molecule has 0 spiro atoms. The molecule has 2 aromatic carbocycles. The number of rotatable bonds is 7. The van der Waals surface area contributed by atoms with Crippen molar-refractivity contribution in [2.24, 2.45) is 0 Å². The van der Waals surface area contributed by atoms with Crippen LogP contribution in [0.3, 0.4) is 0 Å². The molecule has 0 bridgehead atoms. The van der Waals surface area contributed by atoms with Crippen molar-refractivity contribution in [1.82, 2.24) is 10.3 Å². The maximum Gasteiger partial charge on any atom is 0.319 e. The molecule has 3 N–H and O–H groups in total. The monoisotopic (exact) mass is 428 g/mol. The Bertz CT molecular complexity index is 991. The zero-order valence-electron chi connectivity index (χ0n) is 15.9. The number of carbonyl (C=O) groups excluding carboxylic acids is 2. The number of amides is 3. The third kappa shape index (κ3) is 6.30. The molecule has 8 heteroatoms. The molecule has 0 aliphatic rings. The fourth-order valence-electron chi connectivity index (χ4n) is 2.65. The Labute approximate surface area is 178 Å². The summed E-state index contributed by atoms with van der Waals surface area (Å²) < 4.78 is 0. The summed E-state index contributed by atoms with van der Waals surface area (Å²) in [4.78, 5) is 29.1. The van der Waals surface area contributed by atoms with E-state index in [-0.39, 0.29) is 24.9 Å². The number of hydrogen-bond donors (Lipinski definition) is 3. The Morgan fingerprint density at radius 1 is 1.07 bits per heavy atom. The van der Waals surface area contributed by atoms with Crippen molar-refractivity contribution >= 4 is 45.7 Å². The Morgan fingerprint density at radius 3 is 2.66 bits per heavy atom. The number of hydrogen-bond acceptors (Lipinski definition) is 4. The average Bonchev–Trinajstić information content (AvgIpc) is 3.13. The van der Waals surface area contributed by atoms with Crippen LogP contribution in [0, 0.1) is 6.92 Å². The zero-order chi connectivity index (χ0) is 20.6. The smallest absolute Gasteiger partial charge is 0.319 e. The molecule has 6 nitrogen and oxygen atoms in total. The van der Waals surface area contributed by atoms with Crippen molar-refractivity contribution in [2.45, 2.75) is 19.8 Å². The first-order valence-corrected chi connectivity index (χ1v) is 10.3. The third-order valence-corrected chi connectivity index (χ3v) is 5.56. The number of benzene rings is 2. The van der Waals surface area contributed by atoms with E-state index in [1.54, 1.807) is 18.3 Å². The number of urea groups is 1. The molecule has 0 unspecified atom stereocenters. The van der Waals surface area contributed by atoms with Crippen LogP contribution < -0.4 is 16.0 Å². The second kappa shape index (κ2) is 10.0. The predicted octanol–water partition coefficient (Wildman–Crippen LogP) is 4.85. The van der Waals surface area contributed by atoms with Crippen molar-refractivity contribution in [3.63, 3.8) is 0 Å². The second-order valence-electron chi connectivity index (χ2n) is 6.40. The number of para-hydroxylation sites is 1. The fraction of sp³-hybridized carbons (Fsp3) is 0.190. The predicted molar refractivity (Wildman–Crippen MR) is 118 cm³/mol. The number of aryl methyl sites for hydroxylation is 1. The number of carbonyl (C=O) groups is 2. The molecule has 1 aromatic heterocycles. The van der Waals surface area contributed by atoms with Gasteiger partial charge in [0.25, 0.3) is 0 Å². The largest absolute Gasteiger partial charge is 0.337 e. The van der Waals surface area contributed by atoms with Crippen LogP contribution in [-0.4, -0.2) is 23.5 Å². The van der Waals surface area contributed by atoms with Gasteiger partial charge in [-0.05, 0) is 30.2 Å². The minimum Gasteiger partial charge on any atom is -0.337 e. The molecule has 0 aliphatic carbocycles. The lowest BCUT2D eigenvalue weighted by Gasteiger charge is -2.07. The molecule has 3 amide bonds. The Hall–Kier alpha value is -2.90. The van der Waals surface area contributed by atoms with Gasteiger partial charge in [0.1, 0.15) is 0 Å². The van der Waals surface area contributed by atoms with Gasteiger partial charge in [-0.1, -0.05) is 48.0 Å². The summed E-state index contributed by atoms with van der Waals surface area (Å²) in [5.74, 6) is -0.209. The standard InChI is InChI=1S/C21H21ClN4O2S/c1-14-6-5-7-15(19(14)22)12-17-13-24-21(29-17)26-18(27)10-11-23-20(28)25-16-8-3-2-4-9-16/h2-9,13H,10-12H2,1H3,(H2,23,25,28)(H,24,26,27). The van der Waals surface area contributed by atoms with Crippen LogP contribution in [0.15, 0.2) is 54.7 Å². The minimum absolute atomic E-state index is 0.154. The minimum atomic E-state index is -0.351. The van der Waals surface area contributed by atoms with Crippen molar-refractivity contribution < 1.29 is 9.59 Å². The summed E-state index contributed by atoms with van der Waals surface area (Å²) in [5.41, 5.74) is 2.76. The lowest BCUT2D eigenvalue weighted by Crippen LogP contribution is -2.31. The number of aromatic nitrogens is 1. The summed E-state index contributed by atoms with van der Waals surface area (Å²) >= 11 is 7.75. The first-order valence-electron chi connectivity index (χ1n) is 9.09. The zero-order valence-corrected chi connectivity index (χ0v) is 17.4. The second-order valence-corrected chi connectivity index (χ2v) is 7.89. The molecule has 1 heterocycles. The number of nitrogens with zero attached hydrogens (tertiary/aromatic N) is 1. The molecular weight excluding hydrogens is 408 g/mol. The normalized spacial score (nSPS) is 10.4. The van der Waals surface area contributed by atoms with E-state index in [0.717, 1.165) is 21.0 Å². The van der Waals surface area contributed by atoms with E-state index in [9.17, 15) is 9.59 Å². The topological polar surface area (TPSA) is 83.1 Å². The molecule has 3 aromatic rings. The van der Waals surface area contributed by atoms with E-state index in [1.807, 2.05) is 43.3 Å². The summed E-state index contributed by atoms with van der Waals surface area (Å²) in [6.45, 7) is 2.19. The van der Waals surface area contributed by atoms with Crippen LogP contribution >= 0.6 is 22.9 Å². The maximum atomic E-state index is 12.1. The average molecular weight is 429 g/mol. The molecule has 29 heavy (non-hydrogen) atoms. The quantitative estimate of drug-likeness (QED) is 0.503. The SMILES string of the molecule is Cc1cccc(Cc2cnc(NC(=O)CCNC(=O)Nc3ccccc3)s2)c1Cl. The Kier molecular flexibility index (Phi) is 7.21. The van der Waals surface area contributed by atoms with Gasteiger partial charge >= 0.3 is 6.03 Å². The van der Waals surface area contributed by atoms with Crippen LogP contribution in [0.2, 0.25) is 5.02 Å². The van der Waals surface area contributed by atoms with Gasteiger partial charge in [-0.15, -0.1) is 11.3 Å². The highest BCUT2D eigenvalue weighted by molar-refractivity contribution is 7.15. The van der Waals surface area contributed by atoms with Crippen LogP contribution in [-0.2, 0) is 11.2 Å². The van der Waals surface area contributed by atoms with Gasteiger partial charge < -0.3 is 16.0 Å². The highest BCUT2D eigenvalue weighted by atomic mass is 35.5. The molecule has 0 saturated heterocycles. The Morgan fingerprint density at radius 2 is 1.86 bits per heavy atom. The number of halogens is 1. The maximum absolute atomic E-state index is 12.1. The lowest BCUT2D eigenvalue weighted by atomic mass is 10.1. The van der Waals surface area contributed by atoms with E-state index in [2.05, 4.69) is 20.9 Å². The van der Waals surface area contributed by atoms with Gasteiger partial charge in [-0.25, -0.2) is 9.78 Å². The van der Waals surface area contributed by atoms with E-state index >= 15 is 0 Å². The molecule has 3 rings (SSSR count). The van der Waals surface area contributed by atoms with Crippen molar-refractivity contribution in [3.8, 4) is 0 Å². The van der Waals surface area contributed by atoms with Crippen molar-refractivity contribution in [1.29, 1.82) is 0 Å². The van der Waals surface area contributed by atoms with Gasteiger partial charge in [0.2, 0.25) is 5.91 Å². The van der Waals surface area contributed by atoms with E-state index in [0.29, 0.717) is 17.2 Å². The molecule has 0 aliphatic heterocycles. The van der Waals surface area contributed by atoms with E-state index in [1.165, 1.54) is 11.3 Å². The van der Waals surface area contributed by atoms with Crippen LogP contribution in [0.1, 0.15) is 22.4 Å². The van der Waals surface area contributed by atoms with E-state index < -0.39 is 0 Å². The van der Waals surface area contributed by atoms with Gasteiger partial charge in [0.15, 0.2) is 5.13 Å².